The normalized spacial score (nSPS) is 23.4. The molecule has 104 valence electrons. The SMILES string of the molecule is CCOC(=O)C1CCCC(OCCNC(C)=O)O1. The van der Waals surface area contributed by atoms with Crippen LogP contribution in [0.3, 0.4) is 0 Å². The van der Waals surface area contributed by atoms with Crippen molar-refractivity contribution in [3.63, 3.8) is 0 Å². The zero-order valence-corrected chi connectivity index (χ0v) is 10.9. The fourth-order valence-electron chi connectivity index (χ4n) is 1.74. The third-order valence-corrected chi connectivity index (χ3v) is 2.55. The molecular weight excluding hydrogens is 238 g/mol. The first-order valence-electron chi connectivity index (χ1n) is 6.31. The highest BCUT2D eigenvalue weighted by molar-refractivity contribution is 5.74. The van der Waals surface area contributed by atoms with Crippen LogP contribution in [0.1, 0.15) is 33.1 Å². The molecule has 0 bridgehead atoms. The highest BCUT2D eigenvalue weighted by Crippen LogP contribution is 2.20. The molecule has 6 heteroatoms. The molecule has 0 aliphatic carbocycles. The van der Waals surface area contributed by atoms with Crippen molar-refractivity contribution in [3.8, 4) is 0 Å². The highest BCUT2D eigenvalue weighted by atomic mass is 16.7. The van der Waals surface area contributed by atoms with E-state index in [9.17, 15) is 9.59 Å². The molecule has 0 spiro atoms. The Morgan fingerprint density at radius 1 is 1.39 bits per heavy atom. The Bertz CT molecular complexity index is 282. The lowest BCUT2D eigenvalue weighted by molar-refractivity contribution is -0.208. The number of nitrogens with one attached hydrogen (secondary N) is 1. The van der Waals surface area contributed by atoms with Crippen molar-refractivity contribution in [2.75, 3.05) is 19.8 Å². The van der Waals surface area contributed by atoms with Crippen LogP contribution in [-0.2, 0) is 23.8 Å². The minimum absolute atomic E-state index is 0.0902. The van der Waals surface area contributed by atoms with Crippen LogP contribution >= 0.6 is 0 Å². The molecule has 0 saturated carbocycles. The van der Waals surface area contributed by atoms with Gasteiger partial charge in [-0.25, -0.2) is 4.79 Å². The fourth-order valence-corrected chi connectivity index (χ4v) is 1.74. The number of esters is 1. The number of hydrogen-bond donors (Lipinski definition) is 1. The Morgan fingerprint density at radius 2 is 2.17 bits per heavy atom. The third kappa shape index (κ3) is 5.46. The van der Waals surface area contributed by atoms with E-state index in [2.05, 4.69) is 5.32 Å². The quantitative estimate of drug-likeness (QED) is 0.558. The van der Waals surface area contributed by atoms with E-state index < -0.39 is 6.10 Å². The lowest BCUT2D eigenvalue weighted by Crippen LogP contribution is -2.37. The van der Waals surface area contributed by atoms with Gasteiger partial charge in [0.2, 0.25) is 5.91 Å². The molecule has 1 amide bonds. The zero-order valence-electron chi connectivity index (χ0n) is 10.9. The van der Waals surface area contributed by atoms with Gasteiger partial charge in [0.05, 0.1) is 13.2 Å². The van der Waals surface area contributed by atoms with Crippen molar-refractivity contribution in [3.05, 3.63) is 0 Å². The van der Waals surface area contributed by atoms with E-state index in [1.54, 1.807) is 6.92 Å². The molecule has 1 aliphatic rings. The highest BCUT2D eigenvalue weighted by Gasteiger charge is 2.29. The summed E-state index contributed by atoms with van der Waals surface area (Å²) < 4.78 is 15.9. The summed E-state index contributed by atoms with van der Waals surface area (Å²) in [6.07, 6.45) is 1.39. The van der Waals surface area contributed by atoms with Crippen molar-refractivity contribution in [2.45, 2.75) is 45.5 Å². The lowest BCUT2D eigenvalue weighted by atomic mass is 10.1. The van der Waals surface area contributed by atoms with Crippen LogP contribution in [0.2, 0.25) is 0 Å². The Kier molecular flexibility index (Phi) is 6.67. The second kappa shape index (κ2) is 8.05. The van der Waals surface area contributed by atoms with Gasteiger partial charge in [0, 0.05) is 13.5 Å². The van der Waals surface area contributed by atoms with Gasteiger partial charge >= 0.3 is 5.97 Å². The predicted molar refractivity (Wildman–Crippen MR) is 63.8 cm³/mol. The Morgan fingerprint density at radius 3 is 2.83 bits per heavy atom. The Hall–Kier alpha value is -1.14. The van der Waals surface area contributed by atoms with Crippen LogP contribution < -0.4 is 5.32 Å². The zero-order chi connectivity index (χ0) is 13.4. The van der Waals surface area contributed by atoms with E-state index in [0.717, 1.165) is 12.8 Å². The smallest absolute Gasteiger partial charge is 0.335 e. The van der Waals surface area contributed by atoms with Gasteiger partial charge < -0.3 is 19.5 Å². The van der Waals surface area contributed by atoms with Crippen molar-refractivity contribution >= 4 is 11.9 Å². The van der Waals surface area contributed by atoms with Crippen LogP contribution in [0.15, 0.2) is 0 Å². The molecule has 0 aromatic heterocycles. The predicted octanol–water partition coefficient (Wildman–Crippen LogP) is 0.597. The van der Waals surface area contributed by atoms with E-state index >= 15 is 0 Å². The van der Waals surface area contributed by atoms with Gasteiger partial charge in [0.1, 0.15) is 0 Å². The Labute approximate surface area is 107 Å². The standard InChI is InChI=1S/C12H21NO5/c1-3-16-12(15)10-5-4-6-11(18-10)17-8-7-13-9(2)14/h10-11H,3-8H2,1-2H3,(H,13,14). The molecule has 18 heavy (non-hydrogen) atoms. The van der Waals surface area contributed by atoms with Crippen LogP contribution in [0.5, 0.6) is 0 Å². The van der Waals surface area contributed by atoms with Gasteiger partial charge in [-0.2, -0.15) is 0 Å². The van der Waals surface area contributed by atoms with Gasteiger partial charge in [0.15, 0.2) is 12.4 Å². The number of carbonyl (C=O) groups excluding carboxylic acids is 2. The second-order valence-electron chi connectivity index (χ2n) is 4.09. The summed E-state index contributed by atoms with van der Waals surface area (Å²) in [5.41, 5.74) is 0. The summed E-state index contributed by atoms with van der Waals surface area (Å²) in [5, 5.41) is 2.63. The molecule has 2 atom stereocenters. The van der Waals surface area contributed by atoms with Gasteiger partial charge in [-0.1, -0.05) is 0 Å². The van der Waals surface area contributed by atoms with E-state index in [0.29, 0.717) is 26.2 Å². The van der Waals surface area contributed by atoms with E-state index in [-0.39, 0.29) is 18.2 Å². The summed E-state index contributed by atoms with van der Waals surface area (Å²) in [7, 11) is 0. The summed E-state index contributed by atoms with van der Waals surface area (Å²) in [5.74, 6) is -0.416. The third-order valence-electron chi connectivity index (χ3n) is 2.55. The van der Waals surface area contributed by atoms with Gasteiger partial charge in [-0.3, -0.25) is 4.79 Å². The maximum Gasteiger partial charge on any atom is 0.335 e. The molecule has 0 aromatic carbocycles. The molecule has 2 unspecified atom stereocenters. The Balaban J connectivity index is 2.22. The lowest BCUT2D eigenvalue weighted by Gasteiger charge is -2.28. The molecule has 0 radical (unpaired) electrons. The molecule has 0 aromatic rings. The summed E-state index contributed by atoms with van der Waals surface area (Å²) in [6.45, 7) is 4.39. The summed E-state index contributed by atoms with van der Waals surface area (Å²) in [4.78, 5) is 22.2. The monoisotopic (exact) mass is 259 g/mol. The maximum absolute atomic E-state index is 11.5. The summed E-state index contributed by atoms with van der Waals surface area (Å²) >= 11 is 0. The first-order chi connectivity index (χ1) is 8.63. The molecule has 6 nitrogen and oxygen atoms in total. The molecule has 1 aliphatic heterocycles. The molecule has 1 fully saturated rings. The average molecular weight is 259 g/mol. The van der Waals surface area contributed by atoms with Crippen LogP contribution in [-0.4, -0.2) is 44.0 Å². The van der Waals surface area contributed by atoms with Gasteiger partial charge in [0.25, 0.3) is 0 Å². The topological polar surface area (TPSA) is 73.9 Å². The van der Waals surface area contributed by atoms with Gasteiger partial charge in [-0.05, 0) is 26.2 Å². The van der Waals surface area contributed by atoms with Crippen LogP contribution in [0.4, 0.5) is 0 Å². The average Bonchev–Trinajstić information content (AvgIpc) is 2.35. The second-order valence-corrected chi connectivity index (χ2v) is 4.09. The fraction of sp³-hybridized carbons (Fsp3) is 0.833. The van der Waals surface area contributed by atoms with Crippen LogP contribution in [0.25, 0.3) is 0 Å². The molecular formula is C12H21NO5. The van der Waals surface area contributed by atoms with Crippen molar-refractivity contribution in [2.24, 2.45) is 0 Å². The first kappa shape index (κ1) is 14.9. The molecule has 1 N–H and O–H groups in total. The van der Waals surface area contributed by atoms with Crippen molar-refractivity contribution < 1.29 is 23.8 Å². The van der Waals surface area contributed by atoms with E-state index in [4.69, 9.17) is 14.2 Å². The largest absolute Gasteiger partial charge is 0.464 e. The molecule has 1 heterocycles. The number of ether oxygens (including phenoxy) is 3. The number of carbonyl (C=O) groups is 2. The van der Waals surface area contributed by atoms with Crippen molar-refractivity contribution in [1.82, 2.24) is 5.32 Å². The number of rotatable bonds is 6. The van der Waals surface area contributed by atoms with E-state index in [1.165, 1.54) is 6.92 Å². The maximum atomic E-state index is 11.5. The molecule has 1 saturated heterocycles. The van der Waals surface area contributed by atoms with Gasteiger partial charge in [-0.15, -0.1) is 0 Å². The van der Waals surface area contributed by atoms with Crippen molar-refractivity contribution in [1.29, 1.82) is 0 Å². The van der Waals surface area contributed by atoms with Crippen LogP contribution in [0, 0.1) is 0 Å². The minimum Gasteiger partial charge on any atom is -0.464 e. The first-order valence-corrected chi connectivity index (χ1v) is 6.31. The summed E-state index contributed by atoms with van der Waals surface area (Å²) in [6, 6.07) is 0. The number of hydrogen-bond acceptors (Lipinski definition) is 5. The number of amides is 1. The van der Waals surface area contributed by atoms with E-state index in [1.807, 2.05) is 0 Å². The minimum atomic E-state index is -0.524. The molecule has 1 rings (SSSR count).